The van der Waals surface area contributed by atoms with Crippen molar-refractivity contribution in [3.8, 4) is 0 Å². The van der Waals surface area contributed by atoms with Crippen LogP contribution in [-0.2, 0) is 4.79 Å². The van der Waals surface area contributed by atoms with Crippen LogP contribution in [0.2, 0.25) is 0 Å². The molecule has 0 bridgehead atoms. The van der Waals surface area contributed by atoms with Gasteiger partial charge in [0.25, 0.3) is 5.91 Å². The number of benzene rings is 1. The van der Waals surface area contributed by atoms with Crippen molar-refractivity contribution in [2.45, 2.75) is 26.8 Å². The second kappa shape index (κ2) is 5.63. The maximum absolute atomic E-state index is 12.3. The fourth-order valence-corrected chi connectivity index (χ4v) is 3.11. The fourth-order valence-electron chi connectivity index (χ4n) is 2.00. The van der Waals surface area contributed by atoms with Crippen LogP contribution in [0, 0.1) is 12.8 Å². The predicted molar refractivity (Wildman–Crippen MR) is 80.3 cm³/mol. The SMILES string of the molecule is Cc1c(C(=O)NC(C)C(C)C(=O)O)sc2ccccc12. The number of thiophene rings is 1. The molecule has 0 spiro atoms. The fraction of sp³-hybridized carbons (Fsp3) is 0.333. The summed E-state index contributed by atoms with van der Waals surface area (Å²) in [6.07, 6.45) is 0. The lowest BCUT2D eigenvalue weighted by Gasteiger charge is -2.17. The summed E-state index contributed by atoms with van der Waals surface area (Å²) in [5, 5.41) is 12.8. The van der Waals surface area contributed by atoms with Crippen molar-refractivity contribution in [2.24, 2.45) is 5.92 Å². The minimum absolute atomic E-state index is 0.204. The van der Waals surface area contributed by atoms with Gasteiger partial charge in [-0.1, -0.05) is 18.2 Å². The monoisotopic (exact) mass is 291 g/mol. The molecule has 2 aromatic rings. The Morgan fingerprint density at radius 1 is 1.25 bits per heavy atom. The van der Waals surface area contributed by atoms with Gasteiger partial charge in [-0.05, 0) is 37.8 Å². The number of hydrogen-bond acceptors (Lipinski definition) is 3. The van der Waals surface area contributed by atoms with Gasteiger partial charge in [-0.3, -0.25) is 9.59 Å². The maximum Gasteiger partial charge on any atom is 0.308 e. The Balaban J connectivity index is 2.24. The molecule has 0 aliphatic heterocycles. The smallest absolute Gasteiger partial charge is 0.308 e. The lowest BCUT2D eigenvalue weighted by atomic mass is 10.0. The normalized spacial score (nSPS) is 13.9. The van der Waals surface area contributed by atoms with Crippen LogP contribution >= 0.6 is 11.3 Å². The average Bonchev–Trinajstić information content (AvgIpc) is 2.75. The predicted octanol–water partition coefficient (Wildman–Crippen LogP) is 3.05. The molecule has 20 heavy (non-hydrogen) atoms. The quantitative estimate of drug-likeness (QED) is 0.910. The molecular formula is C15H17NO3S. The van der Waals surface area contributed by atoms with E-state index in [0.29, 0.717) is 4.88 Å². The molecule has 4 nitrogen and oxygen atoms in total. The number of rotatable bonds is 4. The summed E-state index contributed by atoms with van der Waals surface area (Å²) in [6.45, 7) is 5.21. The van der Waals surface area contributed by atoms with E-state index in [-0.39, 0.29) is 5.91 Å². The molecule has 1 aromatic carbocycles. The standard InChI is InChI=1S/C15H17NO3S/c1-8(15(18)19)10(3)16-14(17)13-9(2)11-6-4-5-7-12(11)20-13/h4-8,10H,1-3H3,(H,16,17)(H,18,19). The van der Waals surface area contributed by atoms with E-state index in [1.807, 2.05) is 31.2 Å². The summed E-state index contributed by atoms with van der Waals surface area (Å²) >= 11 is 1.43. The first kappa shape index (κ1) is 14.5. The van der Waals surface area contributed by atoms with Crippen LogP contribution in [-0.4, -0.2) is 23.0 Å². The van der Waals surface area contributed by atoms with Gasteiger partial charge in [0.1, 0.15) is 0 Å². The van der Waals surface area contributed by atoms with Gasteiger partial charge in [-0.15, -0.1) is 11.3 Å². The van der Waals surface area contributed by atoms with Crippen molar-refractivity contribution in [2.75, 3.05) is 0 Å². The maximum atomic E-state index is 12.3. The topological polar surface area (TPSA) is 66.4 Å². The van der Waals surface area contributed by atoms with Crippen molar-refractivity contribution < 1.29 is 14.7 Å². The summed E-state index contributed by atoms with van der Waals surface area (Å²) in [5.41, 5.74) is 0.943. The minimum atomic E-state index is -0.911. The zero-order valence-corrected chi connectivity index (χ0v) is 12.5. The minimum Gasteiger partial charge on any atom is -0.481 e. The first-order valence-electron chi connectivity index (χ1n) is 6.43. The van der Waals surface area contributed by atoms with Gasteiger partial charge in [0.15, 0.2) is 0 Å². The molecule has 2 unspecified atom stereocenters. The number of carboxylic acid groups (broad SMARTS) is 1. The number of aliphatic carboxylic acids is 1. The summed E-state index contributed by atoms with van der Waals surface area (Å²) in [6, 6.07) is 7.44. The molecule has 0 aliphatic carbocycles. The van der Waals surface area contributed by atoms with Gasteiger partial charge in [-0.2, -0.15) is 0 Å². The number of carboxylic acids is 1. The van der Waals surface area contributed by atoms with Crippen LogP contribution in [0.15, 0.2) is 24.3 Å². The van der Waals surface area contributed by atoms with Crippen molar-refractivity contribution in [3.63, 3.8) is 0 Å². The highest BCUT2D eigenvalue weighted by molar-refractivity contribution is 7.21. The molecule has 0 fully saturated rings. The Morgan fingerprint density at radius 3 is 2.50 bits per heavy atom. The first-order valence-corrected chi connectivity index (χ1v) is 7.25. The van der Waals surface area contributed by atoms with Gasteiger partial charge in [0, 0.05) is 10.7 Å². The Morgan fingerprint density at radius 2 is 1.90 bits per heavy atom. The highest BCUT2D eigenvalue weighted by Gasteiger charge is 2.23. The van der Waals surface area contributed by atoms with Gasteiger partial charge in [0.05, 0.1) is 10.8 Å². The summed E-state index contributed by atoms with van der Waals surface area (Å²) < 4.78 is 1.06. The Labute approximate surface area is 121 Å². The van der Waals surface area contributed by atoms with E-state index < -0.39 is 17.9 Å². The number of hydrogen-bond donors (Lipinski definition) is 2. The Hall–Kier alpha value is -1.88. The summed E-state index contributed by atoms with van der Waals surface area (Å²) in [5.74, 6) is -1.73. The van der Waals surface area contributed by atoms with Crippen LogP contribution in [0.1, 0.15) is 29.1 Å². The molecule has 106 valence electrons. The highest BCUT2D eigenvalue weighted by Crippen LogP contribution is 2.30. The Bertz CT molecular complexity index is 662. The van der Waals surface area contributed by atoms with Crippen molar-refractivity contribution in [1.29, 1.82) is 0 Å². The van der Waals surface area contributed by atoms with E-state index in [2.05, 4.69) is 5.32 Å². The van der Waals surface area contributed by atoms with Crippen LogP contribution in [0.5, 0.6) is 0 Å². The van der Waals surface area contributed by atoms with Gasteiger partial charge in [0.2, 0.25) is 0 Å². The van der Waals surface area contributed by atoms with Crippen LogP contribution in [0.3, 0.4) is 0 Å². The zero-order chi connectivity index (χ0) is 14.9. The van der Waals surface area contributed by atoms with E-state index in [9.17, 15) is 9.59 Å². The number of nitrogens with one attached hydrogen (secondary N) is 1. The zero-order valence-electron chi connectivity index (χ0n) is 11.6. The van der Waals surface area contributed by atoms with Crippen LogP contribution in [0.25, 0.3) is 10.1 Å². The lowest BCUT2D eigenvalue weighted by Crippen LogP contribution is -2.39. The highest BCUT2D eigenvalue weighted by atomic mass is 32.1. The number of carbonyl (C=O) groups excluding carboxylic acids is 1. The molecular weight excluding hydrogens is 274 g/mol. The Kier molecular flexibility index (Phi) is 4.09. The first-order chi connectivity index (χ1) is 9.41. The molecule has 0 aliphatic rings. The molecule has 0 radical (unpaired) electrons. The van der Waals surface area contributed by atoms with Crippen molar-refractivity contribution in [1.82, 2.24) is 5.32 Å². The molecule has 1 aromatic heterocycles. The van der Waals surface area contributed by atoms with E-state index in [4.69, 9.17) is 5.11 Å². The molecule has 5 heteroatoms. The van der Waals surface area contributed by atoms with Gasteiger partial charge >= 0.3 is 5.97 Å². The molecule has 1 heterocycles. The third-order valence-electron chi connectivity index (χ3n) is 3.55. The van der Waals surface area contributed by atoms with Gasteiger partial charge in [-0.25, -0.2) is 0 Å². The number of amides is 1. The molecule has 2 atom stereocenters. The number of carbonyl (C=O) groups is 2. The van der Waals surface area contributed by atoms with E-state index >= 15 is 0 Å². The molecule has 0 saturated heterocycles. The third-order valence-corrected chi connectivity index (χ3v) is 4.82. The van der Waals surface area contributed by atoms with E-state index in [1.54, 1.807) is 13.8 Å². The summed E-state index contributed by atoms with van der Waals surface area (Å²) in [4.78, 5) is 23.8. The largest absolute Gasteiger partial charge is 0.481 e. The second-order valence-corrected chi connectivity index (χ2v) is 5.99. The van der Waals surface area contributed by atoms with Gasteiger partial charge < -0.3 is 10.4 Å². The number of aryl methyl sites for hydroxylation is 1. The van der Waals surface area contributed by atoms with Crippen molar-refractivity contribution in [3.05, 3.63) is 34.7 Å². The second-order valence-electron chi connectivity index (χ2n) is 4.94. The summed E-state index contributed by atoms with van der Waals surface area (Å²) in [7, 11) is 0. The molecule has 1 amide bonds. The lowest BCUT2D eigenvalue weighted by molar-refractivity contribution is -0.141. The molecule has 2 N–H and O–H groups in total. The van der Waals surface area contributed by atoms with E-state index in [0.717, 1.165) is 15.6 Å². The van der Waals surface area contributed by atoms with Crippen LogP contribution < -0.4 is 5.32 Å². The molecule has 0 saturated carbocycles. The average molecular weight is 291 g/mol. The van der Waals surface area contributed by atoms with Crippen LogP contribution in [0.4, 0.5) is 0 Å². The number of fused-ring (bicyclic) bond motifs is 1. The van der Waals surface area contributed by atoms with Crippen molar-refractivity contribution >= 4 is 33.3 Å². The molecule has 2 rings (SSSR count). The van der Waals surface area contributed by atoms with E-state index in [1.165, 1.54) is 11.3 Å². The third kappa shape index (κ3) is 2.67.